The second kappa shape index (κ2) is 5.36. The van der Waals surface area contributed by atoms with E-state index in [0.29, 0.717) is 18.4 Å². The van der Waals surface area contributed by atoms with Crippen LogP contribution < -0.4 is 5.32 Å². The number of halogens is 3. The van der Waals surface area contributed by atoms with Gasteiger partial charge in [-0.1, -0.05) is 13.8 Å². The molecule has 0 spiro atoms. The zero-order valence-electron chi connectivity index (χ0n) is 10.1. The van der Waals surface area contributed by atoms with E-state index >= 15 is 0 Å². The van der Waals surface area contributed by atoms with Gasteiger partial charge in [-0.25, -0.2) is 0 Å². The highest BCUT2D eigenvalue weighted by Crippen LogP contribution is 2.23. The second-order valence-corrected chi connectivity index (χ2v) is 5.15. The van der Waals surface area contributed by atoms with Crippen molar-refractivity contribution in [2.75, 3.05) is 26.7 Å². The number of alkyl halides is 3. The lowest BCUT2D eigenvalue weighted by Crippen LogP contribution is -2.50. The minimum Gasteiger partial charge on any atom is -0.305 e. The average molecular weight is 238 g/mol. The molecular weight excluding hydrogens is 217 g/mol. The van der Waals surface area contributed by atoms with E-state index in [1.165, 1.54) is 0 Å². The quantitative estimate of drug-likeness (QED) is 0.810. The molecule has 1 heterocycles. The lowest BCUT2D eigenvalue weighted by Gasteiger charge is -2.38. The van der Waals surface area contributed by atoms with Gasteiger partial charge in [-0.2, -0.15) is 13.2 Å². The molecule has 2 unspecified atom stereocenters. The van der Waals surface area contributed by atoms with Gasteiger partial charge in [-0.15, -0.1) is 0 Å². The van der Waals surface area contributed by atoms with Crippen LogP contribution >= 0.6 is 0 Å². The number of likely N-dealkylation sites (N-methyl/N-ethyl adjacent to an activating group) is 1. The summed E-state index contributed by atoms with van der Waals surface area (Å²) in [6.07, 6.45) is -3.26. The summed E-state index contributed by atoms with van der Waals surface area (Å²) >= 11 is 0. The van der Waals surface area contributed by atoms with E-state index < -0.39 is 12.7 Å². The predicted octanol–water partition coefficient (Wildman–Crippen LogP) is 2.11. The van der Waals surface area contributed by atoms with E-state index in [4.69, 9.17) is 0 Å². The molecule has 16 heavy (non-hydrogen) atoms. The number of nitrogens with one attached hydrogen (secondary N) is 1. The van der Waals surface area contributed by atoms with Crippen LogP contribution in [0, 0.1) is 11.8 Å². The van der Waals surface area contributed by atoms with Gasteiger partial charge in [-0.3, -0.25) is 0 Å². The maximum Gasteiger partial charge on any atom is 0.401 e. The van der Waals surface area contributed by atoms with E-state index in [2.05, 4.69) is 24.1 Å². The Labute approximate surface area is 95.2 Å². The van der Waals surface area contributed by atoms with Crippen molar-refractivity contribution in [3.8, 4) is 0 Å². The summed E-state index contributed by atoms with van der Waals surface area (Å²) in [5.41, 5.74) is 0. The molecule has 0 aliphatic carbocycles. The molecule has 2 atom stereocenters. The molecule has 0 aromatic rings. The van der Waals surface area contributed by atoms with Crippen LogP contribution in [0.25, 0.3) is 0 Å². The van der Waals surface area contributed by atoms with Crippen molar-refractivity contribution in [1.82, 2.24) is 10.2 Å². The van der Waals surface area contributed by atoms with E-state index in [9.17, 15) is 13.2 Å². The molecule has 2 nitrogen and oxygen atoms in total. The van der Waals surface area contributed by atoms with Gasteiger partial charge < -0.3 is 10.2 Å². The first-order valence-electron chi connectivity index (χ1n) is 5.76. The van der Waals surface area contributed by atoms with Gasteiger partial charge >= 0.3 is 6.18 Å². The Morgan fingerprint density at radius 2 is 1.94 bits per heavy atom. The summed E-state index contributed by atoms with van der Waals surface area (Å²) in [4.78, 5) is 2.11. The Morgan fingerprint density at radius 1 is 1.31 bits per heavy atom. The molecule has 1 fully saturated rings. The smallest absolute Gasteiger partial charge is 0.305 e. The fourth-order valence-electron chi connectivity index (χ4n) is 2.26. The van der Waals surface area contributed by atoms with E-state index in [0.717, 1.165) is 13.0 Å². The third-order valence-corrected chi connectivity index (χ3v) is 3.20. The van der Waals surface area contributed by atoms with Crippen LogP contribution in [0.15, 0.2) is 0 Å². The highest BCUT2D eigenvalue weighted by atomic mass is 19.4. The van der Waals surface area contributed by atoms with E-state index in [1.807, 2.05) is 7.05 Å². The number of hydrogen-bond acceptors (Lipinski definition) is 2. The number of likely N-dealkylation sites (tertiary alicyclic amines) is 1. The Bertz CT molecular complexity index is 216. The first-order chi connectivity index (χ1) is 7.28. The maximum absolute atomic E-state index is 12.1. The fourth-order valence-corrected chi connectivity index (χ4v) is 2.26. The first kappa shape index (κ1) is 13.8. The van der Waals surface area contributed by atoms with Gasteiger partial charge in [0.25, 0.3) is 0 Å². The third-order valence-electron chi connectivity index (χ3n) is 3.20. The van der Waals surface area contributed by atoms with Crippen LogP contribution in [-0.2, 0) is 0 Å². The molecule has 0 amide bonds. The summed E-state index contributed by atoms with van der Waals surface area (Å²) in [6.45, 7) is 5.08. The molecule has 1 N–H and O–H groups in total. The molecule has 0 aromatic carbocycles. The molecule has 5 heteroatoms. The Balaban J connectivity index is 2.42. The molecule has 1 rings (SSSR count). The second-order valence-electron chi connectivity index (χ2n) is 5.15. The normalized spacial score (nSPS) is 28.7. The van der Waals surface area contributed by atoms with Crippen LogP contribution in [0.1, 0.15) is 20.3 Å². The summed E-state index contributed by atoms with van der Waals surface area (Å²) in [5, 5.41) is 2.61. The monoisotopic (exact) mass is 238 g/mol. The highest BCUT2D eigenvalue weighted by Gasteiger charge is 2.31. The van der Waals surface area contributed by atoms with E-state index in [-0.39, 0.29) is 6.04 Å². The van der Waals surface area contributed by atoms with Crippen molar-refractivity contribution in [3.63, 3.8) is 0 Å². The summed E-state index contributed by atoms with van der Waals surface area (Å²) in [6, 6.07) is -0.0345. The van der Waals surface area contributed by atoms with Crippen molar-refractivity contribution in [2.45, 2.75) is 32.5 Å². The lowest BCUT2D eigenvalue weighted by molar-refractivity contribution is -0.127. The van der Waals surface area contributed by atoms with Gasteiger partial charge in [0, 0.05) is 19.1 Å². The molecule has 1 aliphatic heterocycles. The fraction of sp³-hybridized carbons (Fsp3) is 1.00. The number of rotatable bonds is 3. The maximum atomic E-state index is 12.1. The Morgan fingerprint density at radius 3 is 2.44 bits per heavy atom. The molecule has 1 aliphatic rings. The SMILES string of the molecule is CC(C)C1CC(NCC(F)(F)F)CN(C)C1. The highest BCUT2D eigenvalue weighted by molar-refractivity contribution is 4.83. The zero-order chi connectivity index (χ0) is 12.3. The molecule has 0 saturated carbocycles. The van der Waals surface area contributed by atoms with Crippen LogP contribution in [0.3, 0.4) is 0 Å². The summed E-state index contributed by atoms with van der Waals surface area (Å²) in [5.74, 6) is 1.02. The third kappa shape index (κ3) is 4.70. The average Bonchev–Trinajstić information content (AvgIpc) is 2.13. The van der Waals surface area contributed by atoms with Gasteiger partial charge in [-0.05, 0) is 25.3 Å². The molecule has 1 saturated heterocycles. The zero-order valence-corrected chi connectivity index (χ0v) is 10.1. The van der Waals surface area contributed by atoms with Gasteiger partial charge in [0.1, 0.15) is 0 Å². The van der Waals surface area contributed by atoms with E-state index in [1.54, 1.807) is 0 Å². The minimum atomic E-state index is -4.11. The largest absolute Gasteiger partial charge is 0.401 e. The topological polar surface area (TPSA) is 15.3 Å². The Kier molecular flexibility index (Phi) is 4.62. The predicted molar refractivity (Wildman–Crippen MR) is 58.3 cm³/mol. The van der Waals surface area contributed by atoms with Gasteiger partial charge in [0.2, 0.25) is 0 Å². The van der Waals surface area contributed by atoms with Crippen molar-refractivity contribution < 1.29 is 13.2 Å². The van der Waals surface area contributed by atoms with Crippen LogP contribution in [0.5, 0.6) is 0 Å². The van der Waals surface area contributed by atoms with Crippen molar-refractivity contribution in [2.24, 2.45) is 11.8 Å². The van der Waals surface area contributed by atoms with Crippen molar-refractivity contribution >= 4 is 0 Å². The lowest BCUT2D eigenvalue weighted by atomic mass is 9.86. The summed E-state index contributed by atoms with van der Waals surface area (Å²) < 4.78 is 36.3. The van der Waals surface area contributed by atoms with Crippen molar-refractivity contribution in [1.29, 1.82) is 0 Å². The standard InChI is InChI=1S/C11H21F3N2/c1-8(2)9-4-10(6-16(3)5-9)15-7-11(12,13)14/h8-10,15H,4-7H2,1-3H3. The molecule has 96 valence electrons. The molecule has 0 radical (unpaired) electrons. The minimum absolute atomic E-state index is 0.0345. The number of piperidine rings is 1. The molecule has 0 aromatic heterocycles. The van der Waals surface area contributed by atoms with Crippen molar-refractivity contribution in [3.05, 3.63) is 0 Å². The van der Waals surface area contributed by atoms with Crippen LogP contribution in [0.2, 0.25) is 0 Å². The van der Waals surface area contributed by atoms with Gasteiger partial charge in [0.15, 0.2) is 0 Å². The van der Waals surface area contributed by atoms with Gasteiger partial charge in [0.05, 0.1) is 6.54 Å². The van der Waals surface area contributed by atoms with Crippen LogP contribution in [0.4, 0.5) is 13.2 Å². The molecule has 0 bridgehead atoms. The summed E-state index contributed by atoms with van der Waals surface area (Å²) in [7, 11) is 1.97. The Hall–Kier alpha value is -0.290. The first-order valence-corrected chi connectivity index (χ1v) is 5.76. The molecular formula is C11H21F3N2. The number of hydrogen-bond donors (Lipinski definition) is 1. The van der Waals surface area contributed by atoms with Crippen LogP contribution in [-0.4, -0.2) is 43.8 Å². The number of nitrogens with zero attached hydrogens (tertiary/aromatic N) is 1.